The van der Waals surface area contributed by atoms with Crippen LogP contribution in [0.5, 0.6) is 0 Å². The van der Waals surface area contributed by atoms with Gasteiger partial charge in [0.15, 0.2) is 0 Å². The van der Waals surface area contributed by atoms with Crippen molar-refractivity contribution in [2.24, 2.45) is 5.92 Å². The van der Waals surface area contributed by atoms with Gasteiger partial charge in [0.1, 0.15) is 12.2 Å². The minimum absolute atomic E-state index is 0.0443. The van der Waals surface area contributed by atoms with Gasteiger partial charge in [-0.2, -0.15) is 0 Å². The average Bonchev–Trinajstić information content (AvgIpc) is 3.37. The molecule has 4 unspecified atom stereocenters. The van der Waals surface area contributed by atoms with E-state index >= 15 is 0 Å². The molecule has 6 nitrogen and oxygen atoms in total. The van der Waals surface area contributed by atoms with Gasteiger partial charge in [0, 0.05) is 11.8 Å². The zero-order valence-electron chi connectivity index (χ0n) is 16.8. The molecule has 3 aliphatic rings. The van der Waals surface area contributed by atoms with E-state index in [0.717, 1.165) is 23.7 Å². The van der Waals surface area contributed by atoms with E-state index in [4.69, 9.17) is 9.47 Å². The van der Waals surface area contributed by atoms with E-state index in [0.29, 0.717) is 19.2 Å². The van der Waals surface area contributed by atoms with Crippen LogP contribution in [0, 0.1) is 5.92 Å². The molecule has 1 aromatic heterocycles. The Hall–Kier alpha value is -2.02. The zero-order valence-corrected chi connectivity index (χ0v) is 16.8. The SMILES string of the molecule is c1ccc(-c2ccnc(NC3COC4C(NCC5CCCCC5)COC34)n2)cc1. The van der Waals surface area contributed by atoms with E-state index in [1.54, 1.807) is 6.20 Å². The van der Waals surface area contributed by atoms with Gasteiger partial charge >= 0.3 is 0 Å². The molecule has 0 amide bonds. The van der Waals surface area contributed by atoms with Crippen LogP contribution < -0.4 is 10.6 Å². The molecule has 1 aliphatic carbocycles. The molecule has 29 heavy (non-hydrogen) atoms. The lowest BCUT2D eigenvalue weighted by Crippen LogP contribution is -2.44. The van der Waals surface area contributed by atoms with Crippen LogP contribution in [0.25, 0.3) is 11.3 Å². The molecule has 1 saturated carbocycles. The number of nitrogens with zero attached hydrogens (tertiary/aromatic N) is 2. The van der Waals surface area contributed by atoms with E-state index in [1.807, 2.05) is 24.3 Å². The van der Waals surface area contributed by atoms with Gasteiger partial charge in [-0.15, -0.1) is 0 Å². The third kappa shape index (κ3) is 4.29. The monoisotopic (exact) mass is 394 g/mol. The van der Waals surface area contributed by atoms with Gasteiger partial charge in [0.05, 0.1) is 31.0 Å². The van der Waals surface area contributed by atoms with Gasteiger partial charge in [-0.05, 0) is 31.4 Å². The molecule has 4 atom stereocenters. The summed E-state index contributed by atoms with van der Waals surface area (Å²) >= 11 is 0. The van der Waals surface area contributed by atoms with Crippen molar-refractivity contribution in [2.45, 2.75) is 56.4 Å². The molecular formula is C23H30N4O2. The molecule has 0 spiro atoms. The zero-order chi connectivity index (χ0) is 19.5. The lowest BCUT2D eigenvalue weighted by Gasteiger charge is -2.25. The van der Waals surface area contributed by atoms with Crippen LogP contribution >= 0.6 is 0 Å². The largest absolute Gasteiger partial charge is 0.371 e. The predicted octanol–water partition coefficient (Wildman–Crippen LogP) is 3.26. The van der Waals surface area contributed by atoms with Crippen molar-refractivity contribution in [1.29, 1.82) is 0 Å². The van der Waals surface area contributed by atoms with Crippen molar-refractivity contribution in [3.63, 3.8) is 0 Å². The predicted molar refractivity (Wildman–Crippen MR) is 113 cm³/mol. The first-order valence-corrected chi connectivity index (χ1v) is 11.0. The number of benzene rings is 1. The third-order valence-electron chi connectivity index (χ3n) is 6.49. The van der Waals surface area contributed by atoms with Crippen LogP contribution in [-0.2, 0) is 9.47 Å². The Bertz CT molecular complexity index is 796. The van der Waals surface area contributed by atoms with Crippen molar-refractivity contribution in [3.05, 3.63) is 42.6 Å². The molecule has 0 bridgehead atoms. The number of rotatable bonds is 6. The number of ether oxygens (including phenoxy) is 2. The fourth-order valence-electron chi connectivity index (χ4n) is 4.87. The molecule has 5 rings (SSSR count). The van der Waals surface area contributed by atoms with E-state index in [9.17, 15) is 0 Å². The second-order valence-corrected chi connectivity index (χ2v) is 8.50. The first kappa shape index (κ1) is 19.0. The van der Waals surface area contributed by atoms with Gasteiger partial charge in [-0.3, -0.25) is 0 Å². The summed E-state index contributed by atoms with van der Waals surface area (Å²) in [7, 11) is 0. The fourth-order valence-corrected chi connectivity index (χ4v) is 4.87. The Balaban J connectivity index is 1.19. The number of hydrogen-bond acceptors (Lipinski definition) is 6. The Kier molecular flexibility index (Phi) is 5.74. The van der Waals surface area contributed by atoms with Gasteiger partial charge in [-0.1, -0.05) is 49.6 Å². The Morgan fingerprint density at radius 1 is 0.897 bits per heavy atom. The number of hydrogen-bond donors (Lipinski definition) is 2. The van der Waals surface area contributed by atoms with Crippen molar-refractivity contribution in [1.82, 2.24) is 15.3 Å². The number of anilines is 1. The number of aromatic nitrogens is 2. The van der Waals surface area contributed by atoms with E-state index in [2.05, 4.69) is 32.7 Å². The fraction of sp³-hybridized carbons (Fsp3) is 0.565. The van der Waals surface area contributed by atoms with E-state index < -0.39 is 0 Å². The summed E-state index contributed by atoms with van der Waals surface area (Å²) in [6, 6.07) is 12.5. The summed E-state index contributed by atoms with van der Waals surface area (Å²) in [5.41, 5.74) is 2.00. The molecular weight excluding hydrogens is 364 g/mol. The summed E-state index contributed by atoms with van der Waals surface area (Å²) in [5, 5.41) is 7.18. The van der Waals surface area contributed by atoms with Gasteiger partial charge in [-0.25, -0.2) is 9.97 Å². The highest BCUT2D eigenvalue weighted by atomic mass is 16.6. The van der Waals surface area contributed by atoms with Crippen LogP contribution in [0.4, 0.5) is 5.95 Å². The smallest absolute Gasteiger partial charge is 0.223 e. The lowest BCUT2D eigenvalue weighted by atomic mass is 9.89. The summed E-state index contributed by atoms with van der Waals surface area (Å²) in [6.45, 7) is 2.42. The maximum atomic E-state index is 6.12. The highest BCUT2D eigenvalue weighted by Crippen LogP contribution is 2.30. The minimum atomic E-state index is 0.0443. The Morgan fingerprint density at radius 2 is 1.66 bits per heavy atom. The molecule has 154 valence electrons. The van der Waals surface area contributed by atoms with Crippen LogP contribution in [0.3, 0.4) is 0 Å². The molecule has 2 N–H and O–H groups in total. The molecule has 6 heteroatoms. The van der Waals surface area contributed by atoms with E-state index in [-0.39, 0.29) is 24.3 Å². The Labute approximate surface area is 172 Å². The first-order chi connectivity index (χ1) is 14.4. The molecule has 2 aliphatic heterocycles. The summed E-state index contributed by atoms with van der Waals surface area (Å²) in [4.78, 5) is 9.10. The first-order valence-electron chi connectivity index (χ1n) is 11.0. The van der Waals surface area contributed by atoms with Gasteiger partial charge in [0.25, 0.3) is 0 Å². The molecule has 2 aromatic rings. The maximum absolute atomic E-state index is 6.12. The van der Waals surface area contributed by atoms with Gasteiger partial charge in [0.2, 0.25) is 5.95 Å². The normalized spacial score (nSPS) is 29.7. The second-order valence-electron chi connectivity index (χ2n) is 8.50. The number of fused-ring (bicyclic) bond motifs is 1. The summed E-state index contributed by atoms with van der Waals surface area (Å²) in [6.07, 6.45) is 8.82. The summed E-state index contributed by atoms with van der Waals surface area (Å²) < 4.78 is 12.2. The standard InChI is InChI=1S/C23H30N4O2/c1-3-7-16(8-4-1)13-25-19-14-28-22-20(15-29-21(19)22)27-23-24-12-11-18(26-23)17-9-5-2-6-10-17/h2,5-6,9-12,16,19-22,25H,1,3-4,7-8,13-15H2,(H,24,26,27). The van der Waals surface area contributed by atoms with E-state index in [1.165, 1.54) is 32.1 Å². The highest BCUT2D eigenvalue weighted by molar-refractivity contribution is 5.59. The molecule has 3 fully saturated rings. The third-order valence-corrected chi connectivity index (χ3v) is 6.49. The van der Waals surface area contributed by atoms with Crippen LogP contribution in [0.2, 0.25) is 0 Å². The topological polar surface area (TPSA) is 68.3 Å². The van der Waals surface area contributed by atoms with Crippen LogP contribution in [0.15, 0.2) is 42.6 Å². The minimum Gasteiger partial charge on any atom is -0.371 e. The van der Waals surface area contributed by atoms with Crippen LogP contribution in [-0.4, -0.2) is 54.0 Å². The van der Waals surface area contributed by atoms with Gasteiger partial charge < -0.3 is 20.1 Å². The van der Waals surface area contributed by atoms with Crippen molar-refractivity contribution >= 4 is 5.95 Å². The lowest BCUT2D eigenvalue weighted by molar-refractivity contribution is 0.0671. The average molecular weight is 395 g/mol. The van der Waals surface area contributed by atoms with Crippen LogP contribution in [0.1, 0.15) is 32.1 Å². The second kappa shape index (κ2) is 8.78. The van der Waals surface area contributed by atoms with Crippen molar-refractivity contribution in [2.75, 3.05) is 25.1 Å². The Morgan fingerprint density at radius 3 is 2.48 bits per heavy atom. The molecule has 0 radical (unpaired) electrons. The maximum Gasteiger partial charge on any atom is 0.223 e. The summed E-state index contributed by atoms with van der Waals surface area (Å²) in [5.74, 6) is 1.44. The highest BCUT2D eigenvalue weighted by Gasteiger charge is 2.47. The van der Waals surface area contributed by atoms with Crippen molar-refractivity contribution in [3.8, 4) is 11.3 Å². The molecule has 2 saturated heterocycles. The number of nitrogens with one attached hydrogen (secondary N) is 2. The molecule has 1 aromatic carbocycles. The van der Waals surface area contributed by atoms with Crippen molar-refractivity contribution < 1.29 is 9.47 Å². The molecule has 3 heterocycles. The quantitative estimate of drug-likeness (QED) is 0.784.